The number of nitrogens with zero attached hydrogens (tertiary/aromatic N) is 1. The summed E-state index contributed by atoms with van der Waals surface area (Å²) < 4.78 is 8.67. The van der Waals surface area contributed by atoms with Crippen LogP contribution in [0, 0.1) is 0 Å². The first kappa shape index (κ1) is 16.7. The molecule has 126 valence electrons. The molecule has 2 aromatic rings. The van der Waals surface area contributed by atoms with Crippen LogP contribution in [-0.2, 0) is 4.52 Å². The zero-order valence-corrected chi connectivity index (χ0v) is 16.6. The molecule has 2 aromatic carbocycles. The van der Waals surface area contributed by atoms with Gasteiger partial charge in [-0.3, -0.25) is 0 Å². The lowest BCUT2D eigenvalue weighted by atomic mass is 10.1. The Morgan fingerprint density at radius 1 is 1.08 bits per heavy atom. The van der Waals surface area contributed by atoms with Crippen molar-refractivity contribution < 1.29 is 4.52 Å². The van der Waals surface area contributed by atoms with Crippen molar-refractivity contribution in [2.45, 2.75) is 37.6 Å². The molecule has 2 saturated heterocycles. The molecule has 2 aliphatic rings. The maximum absolute atomic E-state index is 6.51. The topological polar surface area (TPSA) is 12.5 Å². The molecule has 1 unspecified atom stereocenters. The van der Waals surface area contributed by atoms with Gasteiger partial charge in [-0.1, -0.05) is 77.6 Å². The van der Waals surface area contributed by atoms with E-state index in [4.69, 9.17) is 15.8 Å². The Balaban J connectivity index is 1.69. The molecule has 5 heteroatoms. The van der Waals surface area contributed by atoms with Crippen LogP contribution in [0.1, 0.15) is 12.8 Å². The van der Waals surface area contributed by atoms with Crippen LogP contribution >= 0.6 is 18.9 Å². The van der Waals surface area contributed by atoms with Crippen LogP contribution < -0.4 is 10.4 Å². The van der Waals surface area contributed by atoms with E-state index in [0.717, 1.165) is 12.6 Å². The fourth-order valence-electron chi connectivity index (χ4n) is 4.18. The fourth-order valence-corrected chi connectivity index (χ4v) is 10.4. The molecule has 0 radical (unpaired) electrons. The summed E-state index contributed by atoms with van der Waals surface area (Å²) in [5, 5.41) is 2.96. The lowest BCUT2D eigenvalue weighted by Crippen LogP contribution is -2.58. The van der Waals surface area contributed by atoms with E-state index in [-0.39, 0.29) is 6.10 Å². The van der Waals surface area contributed by atoms with Gasteiger partial charge in [0, 0.05) is 12.6 Å². The summed E-state index contributed by atoms with van der Waals surface area (Å²) >= 11 is 6.51. The quantitative estimate of drug-likeness (QED) is 0.586. The highest BCUT2D eigenvalue weighted by Gasteiger charge is 2.48. The Bertz CT molecular complexity index is 647. The number of halogens is 1. The van der Waals surface area contributed by atoms with Gasteiger partial charge in [0.1, 0.15) is 8.07 Å². The van der Waals surface area contributed by atoms with Gasteiger partial charge in [-0.15, -0.1) is 0 Å². The summed E-state index contributed by atoms with van der Waals surface area (Å²) in [7, 11) is -2.76. The van der Waals surface area contributed by atoms with Crippen LogP contribution in [-0.4, -0.2) is 31.4 Å². The lowest BCUT2D eigenvalue weighted by molar-refractivity contribution is 0.231. The van der Waals surface area contributed by atoms with Crippen molar-refractivity contribution in [1.82, 2.24) is 4.67 Å². The first-order valence-corrected chi connectivity index (χ1v) is 13.5. The zero-order valence-electron chi connectivity index (χ0n) is 13.9. The summed E-state index contributed by atoms with van der Waals surface area (Å²) in [6.07, 6.45) is 2.75. The predicted molar refractivity (Wildman–Crippen MR) is 106 cm³/mol. The molecule has 0 aliphatic carbocycles. The highest BCUT2D eigenvalue weighted by molar-refractivity contribution is 7.78. The third kappa shape index (κ3) is 2.98. The molecule has 2 fully saturated rings. The summed E-state index contributed by atoms with van der Waals surface area (Å²) in [5.74, 6) is 0. The van der Waals surface area contributed by atoms with Crippen LogP contribution in [0.15, 0.2) is 60.7 Å². The molecular formula is C19H23ClNOPSi. The number of hydrogen-bond acceptors (Lipinski definition) is 2. The Morgan fingerprint density at radius 3 is 2.25 bits per heavy atom. The largest absolute Gasteiger partial charge is 0.327 e. The number of fused-ring (bicyclic) bond motifs is 1. The van der Waals surface area contributed by atoms with Crippen LogP contribution in [0.5, 0.6) is 0 Å². The van der Waals surface area contributed by atoms with E-state index in [1.54, 1.807) is 0 Å². The van der Waals surface area contributed by atoms with Gasteiger partial charge in [-0.05, 0) is 30.1 Å². The highest BCUT2D eigenvalue weighted by Crippen LogP contribution is 2.59. The number of benzene rings is 2. The van der Waals surface area contributed by atoms with E-state index in [9.17, 15) is 0 Å². The van der Waals surface area contributed by atoms with E-state index >= 15 is 0 Å². The smallest absolute Gasteiger partial charge is 0.207 e. The van der Waals surface area contributed by atoms with E-state index in [0.29, 0.717) is 6.04 Å². The van der Waals surface area contributed by atoms with Gasteiger partial charge in [0.25, 0.3) is 0 Å². The molecule has 24 heavy (non-hydrogen) atoms. The fraction of sp³-hybridized carbons (Fsp3) is 0.368. The van der Waals surface area contributed by atoms with Gasteiger partial charge in [-0.25, -0.2) is 4.67 Å². The average Bonchev–Trinajstić information content (AvgIpc) is 3.22. The minimum Gasteiger partial charge on any atom is -0.327 e. The van der Waals surface area contributed by atoms with Crippen molar-refractivity contribution in [2.24, 2.45) is 0 Å². The first-order chi connectivity index (χ1) is 11.7. The molecule has 2 heterocycles. The van der Waals surface area contributed by atoms with Gasteiger partial charge in [0.15, 0.2) is 0 Å². The number of rotatable bonds is 4. The summed E-state index contributed by atoms with van der Waals surface area (Å²) in [6, 6.07) is 23.7. The molecular weight excluding hydrogens is 353 g/mol. The van der Waals surface area contributed by atoms with Crippen molar-refractivity contribution in [3.05, 3.63) is 60.7 Å². The molecule has 2 nitrogen and oxygen atoms in total. The summed E-state index contributed by atoms with van der Waals surface area (Å²) in [5.41, 5.74) is 0. The van der Waals surface area contributed by atoms with E-state index in [1.807, 2.05) is 0 Å². The van der Waals surface area contributed by atoms with Crippen LogP contribution in [0.25, 0.3) is 0 Å². The Morgan fingerprint density at radius 2 is 1.67 bits per heavy atom. The van der Waals surface area contributed by atoms with Crippen molar-refractivity contribution in [1.29, 1.82) is 0 Å². The third-order valence-corrected chi connectivity index (χ3v) is 12.2. The summed E-state index contributed by atoms with van der Waals surface area (Å²) in [6.45, 7) is 3.58. The second kappa shape index (κ2) is 6.90. The lowest BCUT2D eigenvalue weighted by Gasteiger charge is -2.32. The van der Waals surface area contributed by atoms with E-state index < -0.39 is 15.7 Å². The second-order valence-corrected chi connectivity index (χ2v) is 13.3. The molecule has 3 atom stereocenters. The maximum atomic E-state index is 6.51. The summed E-state index contributed by atoms with van der Waals surface area (Å²) in [4.78, 5) is 0. The highest BCUT2D eigenvalue weighted by atomic mass is 35.7. The van der Waals surface area contributed by atoms with Gasteiger partial charge >= 0.3 is 0 Å². The molecule has 0 aromatic heterocycles. The Hall–Kier alpha value is -0.703. The van der Waals surface area contributed by atoms with Gasteiger partial charge in [0.05, 0.1) is 6.10 Å². The standard InChI is InChI=1S/C19H23ClNOPSi/c1-24(16-9-4-2-5-10-16,17-11-6-3-7-12-17)15-19-18-13-8-14-21(18)23(20)22-19/h2-7,9-12,18-19H,8,13-15H2,1H3/t18-,19+,23?/m1/s1. The minimum absolute atomic E-state index is 0.271. The molecule has 2 aliphatic heterocycles. The van der Waals surface area contributed by atoms with Crippen molar-refractivity contribution in [3.8, 4) is 0 Å². The molecule has 0 saturated carbocycles. The minimum atomic E-state index is -1.86. The van der Waals surface area contributed by atoms with Crippen LogP contribution in [0.2, 0.25) is 12.6 Å². The molecule has 0 bridgehead atoms. The van der Waals surface area contributed by atoms with Crippen LogP contribution in [0.4, 0.5) is 0 Å². The Labute approximate surface area is 151 Å². The van der Waals surface area contributed by atoms with E-state index in [2.05, 4.69) is 71.9 Å². The monoisotopic (exact) mass is 375 g/mol. The number of hydrogen-bond donors (Lipinski definition) is 0. The van der Waals surface area contributed by atoms with Gasteiger partial charge < -0.3 is 4.52 Å². The molecule has 0 spiro atoms. The van der Waals surface area contributed by atoms with Crippen molar-refractivity contribution in [2.75, 3.05) is 6.54 Å². The maximum Gasteiger partial charge on any atom is 0.207 e. The molecule has 0 amide bonds. The second-order valence-electron chi connectivity index (χ2n) is 7.01. The molecule has 4 rings (SSSR count). The van der Waals surface area contributed by atoms with Gasteiger partial charge in [-0.2, -0.15) is 0 Å². The SMILES string of the molecule is C[Si](C[C@@H]1OP(Cl)N2CCC[C@H]12)(c1ccccc1)c1ccccc1. The zero-order chi connectivity index (χ0) is 16.6. The first-order valence-electron chi connectivity index (χ1n) is 8.69. The van der Waals surface area contributed by atoms with Gasteiger partial charge in [0.2, 0.25) is 7.65 Å². The normalized spacial score (nSPS) is 27.3. The predicted octanol–water partition coefficient (Wildman–Crippen LogP) is 4.21. The Kier molecular flexibility index (Phi) is 4.81. The average molecular weight is 376 g/mol. The van der Waals surface area contributed by atoms with Crippen molar-refractivity contribution >= 4 is 37.3 Å². The van der Waals surface area contributed by atoms with E-state index in [1.165, 1.54) is 23.2 Å². The molecule has 0 N–H and O–H groups in total. The van der Waals surface area contributed by atoms with Crippen LogP contribution in [0.3, 0.4) is 0 Å². The van der Waals surface area contributed by atoms with Crippen molar-refractivity contribution in [3.63, 3.8) is 0 Å². The third-order valence-electron chi connectivity index (χ3n) is 5.55.